The molecule has 1 rings (SSSR count). The Bertz CT molecular complexity index is 509. The Hall–Kier alpha value is -2.15. The first-order chi connectivity index (χ1) is 9.60. The third kappa shape index (κ3) is 5.39. The number of carbonyl (C=O) groups is 2. The van der Waals surface area contributed by atoms with Gasteiger partial charge in [-0.2, -0.15) is 0 Å². The molecule has 7 heteroatoms. The molecule has 0 bridgehead atoms. The van der Waals surface area contributed by atoms with Crippen LogP contribution in [0.4, 0.5) is 9.18 Å². The average Bonchev–Trinajstić information content (AvgIpc) is 2.34. The molecule has 0 spiro atoms. The lowest BCUT2D eigenvalue weighted by Gasteiger charge is -2.25. The fraction of sp³-hybridized carbons (Fsp3) is 0.429. The summed E-state index contributed by atoms with van der Waals surface area (Å²) in [7, 11) is 0. The highest BCUT2D eigenvalue weighted by Crippen LogP contribution is 2.19. The number of benzene rings is 1. The zero-order valence-electron chi connectivity index (χ0n) is 12.0. The number of hydrogen-bond donors (Lipinski definition) is 3. The maximum Gasteiger partial charge on any atom is 0.408 e. The summed E-state index contributed by atoms with van der Waals surface area (Å²) in [6.45, 7) is 4.94. The number of hydrogen-bond acceptors (Lipinski definition) is 4. The third-order valence-electron chi connectivity index (χ3n) is 2.47. The molecular weight excluding hydrogens is 281 g/mol. The fourth-order valence-electron chi connectivity index (χ4n) is 1.59. The number of halogens is 1. The standard InChI is InChI=1S/C14H18FNO5/c1-14(2,3)21-13(20)16-10(11(17)12(18)19)8-4-6-9(15)7-5-8/h4-7,10-11,17H,1-3H3,(H,16,20)(H,18,19)/t10-,11+/m0/s1. The lowest BCUT2D eigenvalue weighted by Crippen LogP contribution is -2.42. The largest absolute Gasteiger partial charge is 0.479 e. The van der Waals surface area contributed by atoms with Gasteiger partial charge < -0.3 is 20.3 Å². The van der Waals surface area contributed by atoms with E-state index in [0.29, 0.717) is 0 Å². The third-order valence-corrected chi connectivity index (χ3v) is 2.47. The van der Waals surface area contributed by atoms with Gasteiger partial charge in [0.25, 0.3) is 0 Å². The first kappa shape index (κ1) is 16.9. The van der Waals surface area contributed by atoms with Crippen molar-refractivity contribution in [3.8, 4) is 0 Å². The minimum Gasteiger partial charge on any atom is -0.479 e. The quantitative estimate of drug-likeness (QED) is 0.788. The first-order valence-corrected chi connectivity index (χ1v) is 6.26. The summed E-state index contributed by atoms with van der Waals surface area (Å²) in [6, 6.07) is 3.52. The Morgan fingerprint density at radius 1 is 1.24 bits per heavy atom. The van der Waals surface area contributed by atoms with E-state index in [4.69, 9.17) is 9.84 Å². The van der Waals surface area contributed by atoms with Crippen LogP contribution in [0.2, 0.25) is 0 Å². The van der Waals surface area contributed by atoms with Crippen LogP contribution in [-0.2, 0) is 9.53 Å². The number of nitrogens with one attached hydrogen (secondary N) is 1. The zero-order chi connectivity index (χ0) is 16.2. The highest BCUT2D eigenvalue weighted by atomic mass is 19.1. The summed E-state index contributed by atoms with van der Waals surface area (Å²) in [5.41, 5.74) is -0.525. The Kier molecular flexibility index (Phi) is 5.26. The van der Waals surface area contributed by atoms with Crippen LogP contribution in [0.1, 0.15) is 32.4 Å². The summed E-state index contributed by atoms with van der Waals surface area (Å²) in [5, 5.41) is 20.9. The van der Waals surface area contributed by atoms with Gasteiger partial charge in [-0.05, 0) is 38.5 Å². The molecule has 3 N–H and O–H groups in total. The van der Waals surface area contributed by atoms with Crippen LogP contribution in [-0.4, -0.2) is 34.0 Å². The van der Waals surface area contributed by atoms with Crippen LogP contribution < -0.4 is 5.32 Å². The lowest BCUT2D eigenvalue weighted by molar-refractivity contribution is -0.148. The van der Waals surface area contributed by atoms with Crippen molar-refractivity contribution in [2.24, 2.45) is 0 Å². The minimum atomic E-state index is -1.89. The van der Waals surface area contributed by atoms with Crippen LogP contribution in [0.15, 0.2) is 24.3 Å². The molecule has 0 fully saturated rings. The molecule has 0 aliphatic heterocycles. The molecule has 0 saturated heterocycles. The second-order valence-corrected chi connectivity index (χ2v) is 5.46. The number of ether oxygens (including phenoxy) is 1. The fourth-order valence-corrected chi connectivity index (χ4v) is 1.59. The second kappa shape index (κ2) is 6.53. The van der Waals surface area contributed by atoms with Crippen LogP contribution in [0.3, 0.4) is 0 Å². The predicted molar refractivity (Wildman–Crippen MR) is 72.2 cm³/mol. The molecule has 0 aliphatic rings. The van der Waals surface area contributed by atoms with Crippen molar-refractivity contribution in [2.75, 3.05) is 0 Å². The van der Waals surface area contributed by atoms with E-state index >= 15 is 0 Å². The number of carbonyl (C=O) groups excluding carboxylic acids is 1. The number of aliphatic hydroxyl groups excluding tert-OH is 1. The Balaban J connectivity index is 2.95. The molecule has 116 valence electrons. The van der Waals surface area contributed by atoms with Crippen molar-refractivity contribution in [1.82, 2.24) is 5.32 Å². The van der Waals surface area contributed by atoms with Gasteiger partial charge in [-0.1, -0.05) is 12.1 Å². The molecule has 1 aromatic carbocycles. The van der Waals surface area contributed by atoms with Gasteiger partial charge in [-0.3, -0.25) is 0 Å². The van der Waals surface area contributed by atoms with Crippen molar-refractivity contribution in [3.05, 3.63) is 35.6 Å². The van der Waals surface area contributed by atoms with Crippen molar-refractivity contribution < 1.29 is 28.9 Å². The molecule has 0 saturated carbocycles. The Morgan fingerprint density at radius 3 is 2.19 bits per heavy atom. The van der Waals surface area contributed by atoms with Crippen molar-refractivity contribution in [3.63, 3.8) is 0 Å². The molecule has 0 aromatic heterocycles. The number of rotatable bonds is 4. The normalized spacial score (nSPS) is 14.1. The summed E-state index contributed by atoms with van der Waals surface area (Å²) >= 11 is 0. The average molecular weight is 299 g/mol. The van der Waals surface area contributed by atoms with Gasteiger partial charge in [-0.25, -0.2) is 14.0 Å². The van der Waals surface area contributed by atoms with Crippen molar-refractivity contribution >= 4 is 12.1 Å². The zero-order valence-corrected chi connectivity index (χ0v) is 12.0. The molecular formula is C14H18FNO5. The molecule has 0 radical (unpaired) electrons. The van der Waals surface area contributed by atoms with Gasteiger partial charge in [0.15, 0.2) is 6.10 Å². The van der Waals surface area contributed by atoms with E-state index in [1.165, 1.54) is 12.1 Å². The van der Waals surface area contributed by atoms with E-state index in [0.717, 1.165) is 12.1 Å². The van der Waals surface area contributed by atoms with Crippen LogP contribution in [0, 0.1) is 5.82 Å². The number of aliphatic carboxylic acids is 1. The van der Waals surface area contributed by atoms with Crippen LogP contribution in [0.25, 0.3) is 0 Å². The summed E-state index contributed by atoms with van der Waals surface area (Å²) in [6.07, 6.45) is -2.76. The SMILES string of the molecule is CC(C)(C)OC(=O)N[C@@H](c1ccc(F)cc1)[C@@H](O)C(=O)O. The van der Waals surface area contributed by atoms with E-state index in [1.807, 2.05) is 0 Å². The molecule has 2 atom stereocenters. The van der Waals surface area contributed by atoms with Gasteiger partial charge in [0.2, 0.25) is 0 Å². The van der Waals surface area contributed by atoms with E-state index in [2.05, 4.69) is 5.32 Å². The van der Waals surface area contributed by atoms with Gasteiger partial charge >= 0.3 is 12.1 Å². The number of amides is 1. The molecule has 21 heavy (non-hydrogen) atoms. The topological polar surface area (TPSA) is 95.9 Å². The van der Waals surface area contributed by atoms with E-state index in [9.17, 15) is 19.1 Å². The predicted octanol–water partition coefficient (Wildman–Crippen LogP) is 1.84. The highest BCUT2D eigenvalue weighted by Gasteiger charge is 2.30. The number of aliphatic hydroxyl groups is 1. The van der Waals surface area contributed by atoms with Gasteiger partial charge in [0, 0.05) is 0 Å². The van der Waals surface area contributed by atoms with Crippen LogP contribution >= 0.6 is 0 Å². The highest BCUT2D eigenvalue weighted by molar-refractivity contribution is 5.75. The number of alkyl carbamates (subject to hydrolysis) is 1. The summed E-state index contributed by atoms with van der Waals surface area (Å²) in [4.78, 5) is 22.7. The summed E-state index contributed by atoms with van der Waals surface area (Å²) < 4.78 is 17.9. The minimum absolute atomic E-state index is 0.247. The summed E-state index contributed by atoms with van der Waals surface area (Å²) in [5.74, 6) is -2.03. The lowest BCUT2D eigenvalue weighted by atomic mass is 10.0. The van der Waals surface area contributed by atoms with Crippen molar-refractivity contribution in [2.45, 2.75) is 38.5 Å². The number of carboxylic acids is 1. The maximum absolute atomic E-state index is 12.9. The molecule has 1 amide bonds. The van der Waals surface area contributed by atoms with E-state index in [-0.39, 0.29) is 5.56 Å². The second-order valence-electron chi connectivity index (χ2n) is 5.46. The first-order valence-electron chi connectivity index (χ1n) is 6.26. The Morgan fingerprint density at radius 2 is 1.76 bits per heavy atom. The molecule has 6 nitrogen and oxygen atoms in total. The maximum atomic E-state index is 12.9. The van der Waals surface area contributed by atoms with Gasteiger partial charge in [-0.15, -0.1) is 0 Å². The van der Waals surface area contributed by atoms with Gasteiger partial charge in [0.05, 0.1) is 6.04 Å². The molecule has 0 unspecified atom stereocenters. The monoisotopic (exact) mass is 299 g/mol. The smallest absolute Gasteiger partial charge is 0.408 e. The Labute approximate surface area is 121 Å². The van der Waals surface area contributed by atoms with E-state index < -0.39 is 35.6 Å². The van der Waals surface area contributed by atoms with Crippen molar-refractivity contribution in [1.29, 1.82) is 0 Å². The molecule has 0 heterocycles. The van der Waals surface area contributed by atoms with E-state index in [1.54, 1.807) is 20.8 Å². The van der Waals surface area contributed by atoms with Gasteiger partial charge in [0.1, 0.15) is 11.4 Å². The molecule has 1 aromatic rings. The van der Waals surface area contributed by atoms with Crippen LogP contribution in [0.5, 0.6) is 0 Å². The number of carboxylic acid groups (broad SMARTS) is 1. The molecule has 0 aliphatic carbocycles.